The van der Waals surface area contributed by atoms with E-state index < -0.39 is 0 Å². The van der Waals surface area contributed by atoms with Crippen molar-refractivity contribution >= 4 is 29.1 Å². The summed E-state index contributed by atoms with van der Waals surface area (Å²) in [6, 6.07) is 3.87. The van der Waals surface area contributed by atoms with Crippen LogP contribution in [0, 0.1) is 6.92 Å². The van der Waals surface area contributed by atoms with Crippen LogP contribution in [0.3, 0.4) is 0 Å². The number of aryl methyl sites for hydroxylation is 1. The molecule has 0 aliphatic carbocycles. The van der Waals surface area contributed by atoms with Crippen LogP contribution in [0.1, 0.15) is 35.3 Å². The molecule has 1 aromatic carbocycles. The molecule has 1 saturated heterocycles. The van der Waals surface area contributed by atoms with Crippen molar-refractivity contribution in [2.75, 3.05) is 5.75 Å². The minimum atomic E-state index is 0.0339. The fraction of sp³-hybridized carbons (Fsp3) is 0.462. The Hall–Kier alpha value is -0.470. The highest BCUT2D eigenvalue weighted by atomic mass is 35.5. The molecule has 2 rings (SSSR count). The lowest BCUT2D eigenvalue weighted by Gasteiger charge is -2.12. The highest BCUT2D eigenvalue weighted by molar-refractivity contribution is 8.07. The second-order valence-corrected chi connectivity index (χ2v) is 6.70. The van der Waals surface area contributed by atoms with Crippen LogP contribution in [0.25, 0.3) is 0 Å². The number of benzene rings is 1. The number of carbonyl (C=O) groups excluding carboxylic acids is 1. The summed E-state index contributed by atoms with van der Waals surface area (Å²) in [5.41, 5.74) is 3.07. The van der Waals surface area contributed by atoms with Gasteiger partial charge < -0.3 is 0 Å². The van der Waals surface area contributed by atoms with Crippen LogP contribution in [-0.2, 0) is 6.42 Å². The Balaban J connectivity index is 2.33. The molecule has 0 spiro atoms. The van der Waals surface area contributed by atoms with Gasteiger partial charge in [0.15, 0.2) is 5.78 Å². The van der Waals surface area contributed by atoms with Gasteiger partial charge in [0.25, 0.3) is 0 Å². The molecule has 1 fully saturated rings. The van der Waals surface area contributed by atoms with Gasteiger partial charge in [0.05, 0.1) is 5.02 Å². The maximum Gasteiger partial charge on any atom is 0.161 e. The van der Waals surface area contributed by atoms with E-state index in [-0.39, 0.29) is 5.78 Å². The highest BCUT2D eigenvalue weighted by Crippen LogP contribution is 2.47. The summed E-state index contributed by atoms with van der Waals surface area (Å²) in [6.45, 7) is 5.87. The van der Waals surface area contributed by atoms with Crippen LogP contribution in [0.5, 0.6) is 0 Å². The molecule has 1 heterocycles. The summed E-state index contributed by atoms with van der Waals surface area (Å²) in [5, 5.41) is 0.586. The Morgan fingerprint density at radius 2 is 2.19 bits per heavy atom. The Labute approximate surface area is 106 Å². The molecular formula is C13H15ClOS. The molecular weight excluding hydrogens is 240 g/mol. The zero-order chi connectivity index (χ0) is 11.9. The monoisotopic (exact) mass is 254 g/mol. The molecule has 0 N–H and O–H groups in total. The molecule has 0 bridgehead atoms. The van der Waals surface area contributed by atoms with E-state index in [0.29, 0.717) is 15.3 Å². The number of thioether (sulfide) groups is 1. The summed E-state index contributed by atoms with van der Waals surface area (Å²) in [5.74, 6) is 1.25. The quantitative estimate of drug-likeness (QED) is 0.601. The van der Waals surface area contributed by atoms with Gasteiger partial charge in [-0.3, -0.25) is 4.79 Å². The van der Waals surface area contributed by atoms with E-state index >= 15 is 0 Å². The number of ketones is 1. The second-order valence-electron chi connectivity index (χ2n) is 4.73. The third-order valence-corrected chi connectivity index (χ3v) is 4.74. The third kappa shape index (κ3) is 2.44. The van der Waals surface area contributed by atoms with Crippen molar-refractivity contribution < 1.29 is 4.79 Å². The van der Waals surface area contributed by atoms with Gasteiger partial charge in [0.1, 0.15) is 0 Å². The molecule has 0 radical (unpaired) electrons. The van der Waals surface area contributed by atoms with Gasteiger partial charge in [0.2, 0.25) is 0 Å². The van der Waals surface area contributed by atoms with Crippen molar-refractivity contribution in [1.82, 2.24) is 0 Å². The summed E-state index contributed by atoms with van der Waals surface area (Å²) in [6.07, 6.45) is 1.04. The Bertz CT molecular complexity index is 449. The summed E-state index contributed by atoms with van der Waals surface area (Å²) in [4.78, 5) is 11.3. The maximum atomic E-state index is 11.3. The molecule has 86 valence electrons. The number of hydrogen-bond acceptors (Lipinski definition) is 2. The maximum absolute atomic E-state index is 11.3. The summed E-state index contributed by atoms with van der Waals surface area (Å²) in [7, 11) is 0. The van der Waals surface area contributed by atoms with Gasteiger partial charge in [-0.2, -0.15) is 11.8 Å². The molecule has 1 unspecified atom stereocenters. The van der Waals surface area contributed by atoms with Crippen molar-refractivity contribution in [2.45, 2.75) is 31.9 Å². The summed E-state index contributed by atoms with van der Waals surface area (Å²) >= 11 is 8.10. The third-order valence-electron chi connectivity index (χ3n) is 3.01. The van der Waals surface area contributed by atoms with Gasteiger partial charge in [-0.05, 0) is 50.5 Å². The topological polar surface area (TPSA) is 17.1 Å². The predicted octanol–water partition coefficient (Wildman–Crippen LogP) is 3.90. The highest BCUT2D eigenvalue weighted by Gasteiger charge is 2.38. The van der Waals surface area contributed by atoms with E-state index in [1.807, 2.05) is 23.9 Å². The Morgan fingerprint density at radius 3 is 2.69 bits per heavy atom. The number of Topliss-reactive ketones (excluding diaryl/α,β-unsaturated/α-hetero) is 1. The molecule has 0 aromatic heterocycles. The van der Waals surface area contributed by atoms with Crippen molar-refractivity contribution in [3.8, 4) is 0 Å². The van der Waals surface area contributed by atoms with Crippen LogP contribution < -0.4 is 0 Å². The molecule has 1 atom stereocenters. The zero-order valence-electron chi connectivity index (χ0n) is 9.76. The van der Waals surface area contributed by atoms with Crippen molar-refractivity contribution in [1.29, 1.82) is 0 Å². The van der Waals surface area contributed by atoms with Gasteiger partial charge in [0, 0.05) is 16.1 Å². The molecule has 16 heavy (non-hydrogen) atoms. The van der Waals surface area contributed by atoms with Crippen molar-refractivity contribution in [3.05, 3.63) is 33.8 Å². The Kier molecular flexibility index (Phi) is 3.06. The predicted molar refractivity (Wildman–Crippen MR) is 70.8 cm³/mol. The fourth-order valence-corrected chi connectivity index (χ4v) is 2.74. The van der Waals surface area contributed by atoms with E-state index in [1.54, 1.807) is 6.92 Å². The molecule has 0 amide bonds. The number of halogens is 1. The summed E-state index contributed by atoms with van der Waals surface area (Å²) < 4.78 is 0.395. The van der Waals surface area contributed by atoms with Gasteiger partial charge in [-0.25, -0.2) is 0 Å². The molecule has 1 aliphatic rings. The lowest BCUT2D eigenvalue weighted by molar-refractivity contribution is 0.101. The van der Waals surface area contributed by atoms with Gasteiger partial charge >= 0.3 is 0 Å². The van der Waals surface area contributed by atoms with Crippen LogP contribution in [-0.4, -0.2) is 16.3 Å². The normalized spacial score (nSPS) is 23.2. The Morgan fingerprint density at radius 1 is 1.56 bits per heavy atom. The molecule has 1 nitrogen and oxygen atoms in total. The zero-order valence-corrected chi connectivity index (χ0v) is 11.3. The standard InChI is InChI=1S/C13H15ClOS/c1-8-4-11(9(2)15)12(14)5-10(8)6-13(3)7-16-13/h4-5H,6-7H2,1-3H3. The lowest BCUT2D eigenvalue weighted by atomic mass is 9.96. The van der Waals surface area contributed by atoms with Crippen LogP contribution >= 0.6 is 23.4 Å². The smallest absolute Gasteiger partial charge is 0.161 e. The number of rotatable bonds is 3. The van der Waals surface area contributed by atoms with E-state index in [4.69, 9.17) is 11.6 Å². The van der Waals surface area contributed by atoms with Crippen LogP contribution in [0.2, 0.25) is 5.02 Å². The average Bonchev–Trinajstić information content (AvgIpc) is 2.89. The SMILES string of the molecule is CC(=O)c1cc(C)c(CC2(C)CS2)cc1Cl. The van der Waals surface area contributed by atoms with Crippen LogP contribution in [0.4, 0.5) is 0 Å². The largest absolute Gasteiger partial charge is 0.294 e. The average molecular weight is 255 g/mol. The second kappa shape index (κ2) is 4.08. The van der Waals surface area contributed by atoms with E-state index in [0.717, 1.165) is 6.42 Å². The van der Waals surface area contributed by atoms with Gasteiger partial charge in [-0.1, -0.05) is 11.6 Å². The first-order valence-corrected chi connectivity index (χ1v) is 6.71. The first kappa shape index (κ1) is 12.0. The minimum Gasteiger partial charge on any atom is -0.294 e. The molecule has 3 heteroatoms. The molecule has 0 saturated carbocycles. The van der Waals surface area contributed by atoms with Gasteiger partial charge in [-0.15, -0.1) is 0 Å². The molecule has 1 aromatic rings. The van der Waals surface area contributed by atoms with E-state index in [2.05, 4.69) is 13.8 Å². The first-order valence-electron chi connectivity index (χ1n) is 5.35. The first-order chi connectivity index (χ1) is 7.41. The lowest BCUT2D eigenvalue weighted by Crippen LogP contribution is -2.09. The number of hydrogen-bond donors (Lipinski definition) is 0. The van der Waals surface area contributed by atoms with E-state index in [1.165, 1.54) is 16.9 Å². The van der Waals surface area contributed by atoms with Crippen LogP contribution in [0.15, 0.2) is 12.1 Å². The fourth-order valence-electron chi connectivity index (χ4n) is 1.81. The number of carbonyl (C=O) groups is 1. The van der Waals surface area contributed by atoms with Crippen molar-refractivity contribution in [2.24, 2.45) is 0 Å². The van der Waals surface area contributed by atoms with Crippen molar-refractivity contribution in [3.63, 3.8) is 0 Å². The van der Waals surface area contributed by atoms with E-state index in [9.17, 15) is 4.79 Å². The minimum absolute atomic E-state index is 0.0339. The molecule has 1 aliphatic heterocycles.